The summed E-state index contributed by atoms with van der Waals surface area (Å²) < 4.78 is 0. The van der Waals surface area contributed by atoms with E-state index in [1.54, 1.807) is 0 Å². The number of carbonyl (C=O) groups excluding carboxylic acids is 1. The van der Waals surface area contributed by atoms with Crippen molar-refractivity contribution in [3.63, 3.8) is 0 Å². The topological polar surface area (TPSA) is 23.6 Å². The van der Waals surface area contributed by atoms with Gasteiger partial charge >= 0.3 is 0 Å². The lowest BCUT2D eigenvalue weighted by Crippen LogP contribution is -2.48. The fourth-order valence-electron chi connectivity index (χ4n) is 4.67. The molecular weight excluding hydrogens is 332 g/mol. The summed E-state index contributed by atoms with van der Waals surface area (Å²) in [5.74, 6) is 0.140. The van der Waals surface area contributed by atoms with E-state index in [2.05, 4.69) is 71.3 Å². The molecule has 3 aromatic carbocycles. The molecule has 0 spiro atoms. The fraction of sp³-hybridized carbons (Fsp3) is 0.208. The molecule has 1 amide bonds. The Kier molecular flexibility index (Phi) is 3.66. The zero-order valence-corrected chi connectivity index (χ0v) is 15.4. The minimum atomic E-state index is -0.514. The van der Waals surface area contributed by atoms with Crippen LogP contribution in [-0.2, 0) is 12.2 Å². The van der Waals surface area contributed by atoms with Gasteiger partial charge in [0.25, 0.3) is 5.91 Å². The van der Waals surface area contributed by atoms with E-state index in [1.807, 2.05) is 24.3 Å². The van der Waals surface area contributed by atoms with Gasteiger partial charge in [0.1, 0.15) is 5.66 Å². The SMILES string of the molecule is Cc1ccc(CN2CCN3C(=O)c4ccccc4C23c2ccccc2)cc1. The van der Waals surface area contributed by atoms with Crippen molar-refractivity contribution in [1.29, 1.82) is 0 Å². The van der Waals surface area contributed by atoms with Gasteiger partial charge < -0.3 is 4.90 Å². The third-order valence-electron chi connectivity index (χ3n) is 5.89. The molecular formula is C24H22N2O. The fourth-order valence-corrected chi connectivity index (χ4v) is 4.67. The van der Waals surface area contributed by atoms with Crippen molar-refractivity contribution in [2.24, 2.45) is 0 Å². The summed E-state index contributed by atoms with van der Waals surface area (Å²) in [6, 6.07) is 27.3. The first-order valence-electron chi connectivity index (χ1n) is 9.49. The van der Waals surface area contributed by atoms with E-state index in [0.717, 1.165) is 36.3 Å². The Bertz CT molecular complexity index is 996. The van der Waals surface area contributed by atoms with Gasteiger partial charge in [-0.25, -0.2) is 0 Å². The molecule has 1 fully saturated rings. The molecule has 1 unspecified atom stereocenters. The molecule has 0 saturated carbocycles. The van der Waals surface area contributed by atoms with Crippen molar-refractivity contribution < 1.29 is 4.79 Å². The summed E-state index contributed by atoms with van der Waals surface area (Å²) in [7, 11) is 0. The van der Waals surface area contributed by atoms with Gasteiger partial charge in [-0.2, -0.15) is 0 Å². The Morgan fingerprint density at radius 2 is 1.56 bits per heavy atom. The highest BCUT2D eigenvalue weighted by Crippen LogP contribution is 2.49. The zero-order valence-electron chi connectivity index (χ0n) is 15.4. The highest BCUT2D eigenvalue weighted by Gasteiger charge is 2.57. The first-order chi connectivity index (χ1) is 13.2. The Morgan fingerprint density at radius 1 is 0.852 bits per heavy atom. The second kappa shape index (κ2) is 6.07. The number of fused-ring (bicyclic) bond motifs is 3. The molecule has 0 aliphatic carbocycles. The summed E-state index contributed by atoms with van der Waals surface area (Å²) >= 11 is 0. The van der Waals surface area contributed by atoms with Crippen LogP contribution in [0.4, 0.5) is 0 Å². The van der Waals surface area contributed by atoms with Crippen molar-refractivity contribution >= 4 is 5.91 Å². The van der Waals surface area contributed by atoms with Crippen LogP contribution in [0.1, 0.15) is 32.6 Å². The number of carbonyl (C=O) groups is 1. The summed E-state index contributed by atoms with van der Waals surface area (Å²) in [5.41, 5.74) is 5.11. The van der Waals surface area contributed by atoms with Crippen molar-refractivity contribution in [2.45, 2.75) is 19.1 Å². The van der Waals surface area contributed by atoms with Crippen LogP contribution in [0.15, 0.2) is 78.9 Å². The predicted octanol–water partition coefficient (Wildman–Crippen LogP) is 4.17. The van der Waals surface area contributed by atoms with Crippen LogP contribution in [0.3, 0.4) is 0 Å². The van der Waals surface area contributed by atoms with E-state index in [0.29, 0.717) is 0 Å². The average Bonchev–Trinajstić information content (AvgIpc) is 3.20. The monoisotopic (exact) mass is 354 g/mol. The Balaban J connectivity index is 1.69. The lowest BCUT2D eigenvalue weighted by molar-refractivity contribution is 0.0429. The first kappa shape index (κ1) is 16.3. The Labute approximate surface area is 159 Å². The van der Waals surface area contributed by atoms with Crippen LogP contribution >= 0.6 is 0 Å². The second-order valence-electron chi connectivity index (χ2n) is 7.45. The van der Waals surface area contributed by atoms with Crippen LogP contribution in [0.25, 0.3) is 0 Å². The van der Waals surface area contributed by atoms with E-state index in [1.165, 1.54) is 11.1 Å². The van der Waals surface area contributed by atoms with Crippen LogP contribution in [-0.4, -0.2) is 28.8 Å². The van der Waals surface area contributed by atoms with E-state index in [-0.39, 0.29) is 5.91 Å². The van der Waals surface area contributed by atoms with Crippen LogP contribution in [0.5, 0.6) is 0 Å². The van der Waals surface area contributed by atoms with Gasteiger partial charge in [-0.3, -0.25) is 9.69 Å². The summed E-state index contributed by atoms with van der Waals surface area (Å²) in [6.45, 7) is 4.53. The summed E-state index contributed by atoms with van der Waals surface area (Å²) in [4.78, 5) is 17.7. The number of hydrogen-bond donors (Lipinski definition) is 0. The molecule has 2 heterocycles. The van der Waals surface area contributed by atoms with E-state index in [4.69, 9.17) is 0 Å². The van der Waals surface area contributed by atoms with Crippen molar-refractivity contribution in [1.82, 2.24) is 9.80 Å². The quantitative estimate of drug-likeness (QED) is 0.705. The lowest BCUT2D eigenvalue weighted by Gasteiger charge is -2.40. The molecule has 1 atom stereocenters. The smallest absolute Gasteiger partial charge is 0.256 e. The molecule has 2 aliphatic heterocycles. The standard InChI is InChI=1S/C24H22N2O/c1-18-11-13-19(14-12-18)17-25-15-16-26-23(27)21-9-5-6-10-22(21)24(25,26)20-7-3-2-4-8-20/h2-14H,15-17H2,1H3. The molecule has 5 rings (SSSR count). The molecule has 0 N–H and O–H groups in total. The molecule has 27 heavy (non-hydrogen) atoms. The van der Waals surface area contributed by atoms with Gasteiger partial charge in [-0.15, -0.1) is 0 Å². The Hall–Kier alpha value is -2.91. The molecule has 3 nitrogen and oxygen atoms in total. The average molecular weight is 354 g/mol. The molecule has 0 radical (unpaired) electrons. The molecule has 2 aliphatic rings. The van der Waals surface area contributed by atoms with Gasteiger partial charge in [0, 0.05) is 30.8 Å². The van der Waals surface area contributed by atoms with Crippen LogP contribution < -0.4 is 0 Å². The van der Waals surface area contributed by atoms with Crippen molar-refractivity contribution in [2.75, 3.05) is 13.1 Å². The molecule has 3 aromatic rings. The predicted molar refractivity (Wildman–Crippen MR) is 106 cm³/mol. The second-order valence-corrected chi connectivity index (χ2v) is 7.45. The third kappa shape index (κ3) is 2.28. The van der Waals surface area contributed by atoms with E-state index in [9.17, 15) is 4.79 Å². The van der Waals surface area contributed by atoms with Gasteiger partial charge in [-0.1, -0.05) is 78.4 Å². The number of nitrogens with zero attached hydrogens (tertiary/aromatic N) is 2. The number of aryl methyl sites for hydroxylation is 1. The number of benzene rings is 3. The third-order valence-corrected chi connectivity index (χ3v) is 5.89. The maximum Gasteiger partial charge on any atom is 0.256 e. The molecule has 3 heteroatoms. The minimum Gasteiger partial charge on any atom is -0.311 e. The highest BCUT2D eigenvalue weighted by atomic mass is 16.2. The van der Waals surface area contributed by atoms with Crippen LogP contribution in [0, 0.1) is 6.92 Å². The molecule has 1 saturated heterocycles. The Morgan fingerprint density at radius 3 is 2.33 bits per heavy atom. The first-order valence-corrected chi connectivity index (χ1v) is 9.49. The van der Waals surface area contributed by atoms with Crippen LogP contribution in [0.2, 0.25) is 0 Å². The van der Waals surface area contributed by atoms with Gasteiger partial charge in [-0.05, 0) is 24.1 Å². The van der Waals surface area contributed by atoms with E-state index < -0.39 is 5.66 Å². The van der Waals surface area contributed by atoms with Gasteiger partial charge in [0.15, 0.2) is 0 Å². The maximum absolute atomic E-state index is 13.2. The number of rotatable bonds is 3. The zero-order chi connectivity index (χ0) is 18.4. The number of hydrogen-bond acceptors (Lipinski definition) is 2. The van der Waals surface area contributed by atoms with Gasteiger partial charge in [0.2, 0.25) is 0 Å². The number of amides is 1. The van der Waals surface area contributed by atoms with Crippen molar-refractivity contribution in [3.05, 3.63) is 107 Å². The summed E-state index contributed by atoms with van der Waals surface area (Å²) in [6.07, 6.45) is 0. The lowest BCUT2D eigenvalue weighted by atomic mass is 9.89. The molecule has 134 valence electrons. The molecule has 0 bridgehead atoms. The van der Waals surface area contributed by atoms with Gasteiger partial charge in [0.05, 0.1) is 0 Å². The molecule has 0 aromatic heterocycles. The van der Waals surface area contributed by atoms with Crippen molar-refractivity contribution in [3.8, 4) is 0 Å². The maximum atomic E-state index is 13.2. The van der Waals surface area contributed by atoms with E-state index >= 15 is 0 Å². The normalized spacial score (nSPS) is 21.4. The highest BCUT2D eigenvalue weighted by molar-refractivity contribution is 6.01. The minimum absolute atomic E-state index is 0.140. The summed E-state index contributed by atoms with van der Waals surface area (Å²) in [5, 5.41) is 0. The largest absolute Gasteiger partial charge is 0.311 e.